The van der Waals surface area contributed by atoms with Crippen molar-refractivity contribution in [2.45, 2.75) is 6.54 Å². The summed E-state index contributed by atoms with van der Waals surface area (Å²) in [7, 11) is 0. The van der Waals surface area contributed by atoms with Crippen LogP contribution in [0.15, 0.2) is 34.7 Å². The van der Waals surface area contributed by atoms with Crippen molar-refractivity contribution in [3.63, 3.8) is 0 Å². The van der Waals surface area contributed by atoms with Crippen molar-refractivity contribution in [2.24, 2.45) is 0 Å². The molecule has 0 aliphatic carbocycles. The van der Waals surface area contributed by atoms with E-state index in [1.165, 1.54) is 0 Å². The first-order chi connectivity index (χ1) is 7.90. The normalized spacial score (nSPS) is 10.6. The van der Waals surface area contributed by atoms with Gasteiger partial charge in [-0.3, -0.25) is 0 Å². The fraction of sp³-hybridized carbons (Fsp3) is 0.273. The molecule has 4 nitrogen and oxygen atoms in total. The molecule has 84 valence electrons. The minimum absolute atomic E-state index is 0.545. The molecule has 1 aromatic carbocycles. The monoisotopic (exact) mass is 237 g/mol. The van der Waals surface area contributed by atoms with Crippen molar-refractivity contribution in [3.8, 4) is 11.5 Å². The first-order valence-corrected chi connectivity index (χ1v) is 5.58. The van der Waals surface area contributed by atoms with Crippen molar-refractivity contribution in [3.05, 3.63) is 36.2 Å². The van der Waals surface area contributed by atoms with E-state index in [-0.39, 0.29) is 0 Å². The first kappa shape index (κ1) is 11.1. The molecule has 0 amide bonds. The molecule has 0 fully saturated rings. The van der Waals surface area contributed by atoms with Crippen molar-refractivity contribution < 1.29 is 4.42 Å². The molecule has 0 saturated heterocycles. The van der Waals surface area contributed by atoms with E-state index in [0.29, 0.717) is 24.2 Å². The van der Waals surface area contributed by atoms with Crippen molar-refractivity contribution in [2.75, 3.05) is 12.4 Å². The van der Waals surface area contributed by atoms with Crippen LogP contribution in [0.5, 0.6) is 0 Å². The molecule has 0 aliphatic heterocycles. The predicted octanol–water partition coefficient (Wildman–Crippen LogP) is 2.06. The Balaban J connectivity index is 2.02. The number of halogens is 1. The molecule has 0 bridgehead atoms. The lowest BCUT2D eigenvalue weighted by atomic mass is 10.2. The average molecular weight is 238 g/mol. The highest BCUT2D eigenvalue weighted by Gasteiger charge is 2.06. The topological polar surface area (TPSA) is 51.0 Å². The molecular formula is C11H12ClN3O. The molecule has 0 radical (unpaired) electrons. The van der Waals surface area contributed by atoms with Gasteiger partial charge in [-0.2, -0.15) is 0 Å². The molecule has 0 atom stereocenters. The van der Waals surface area contributed by atoms with Gasteiger partial charge in [0.25, 0.3) is 0 Å². The van der Waals surface area contributed by atoms with Crippen molar-refractivity contribution in [1.82, 2.24) is 15.5 Å². The number of nitrogens with one attached hydrogen (secondary N) is 1. The van der Waals surface area contributed by atoms with Crippen LogP contribution in [0.4, 0.5) is 0 Å². The summed E-state index contributed by atoms with van der Waals surface area (Å²) < 4.78 is 5.49. The molecule has 2 aromatic rings. The smallest absolute Gasteiger partial charge is 0.247 e. The van der Waals surface area contributed by atoms with Gasteiger partial charge in [-0.1, -0.05) is 18.2 Å². The molecule has 1 aromatic heterocycles. The highest BCUT2D eigenvalue weighted by molar-refractivity contribution is 6.18. The molecule has 5 heteroatoms. The summed E-state index contributed by atoms with van der Waals surface area (Å²) in [4.78, 5) is 0. The molecule has 0 unspecified atom stereocenters. The third-order valence-electron chi connectivity index (χ3n) is 2.04. The van der Waals surface area contributed by atoms with E-state index in [2.05, 4.69) is 15.5 Å². The lowest BCUT2D eigenvalue weighted by Gasteiger charge is -1.96. The van der Waals surface area contributed by atoms with Crippen LogP contribution in [-0.2, 0) is 6.54 Å². The van der Waals surface area contributed by atoms with Gasteiger partial charge in [-0.15, -0.1) is 21.8 Å². The van der Waals surface area contributed by atoms with E-state index >= 15 is 0 Å². The zero-order valence-corrected chi connectivity index (χ0v) is 9.44. The molecule has 0 saturated carbocycles. The van der Waals surface area contributed by atoms with Gasteiger partial charge in [0.2, 0.25) is 11.8 Å². The van der Waals surface area contributed by atoms with Gasteiger partial charge < -0.3 is 9.73 Å². The molecule has 0 spiro atoms. The third kappa shape index (κ3) is 2.81. The minimum atomic E-state index is 0.545. The quantitative estimate of drug-likeness (QED) is 0.639. The summed E-state index contributed by atoms with van der Waals surface area (Å²) in [6, 6.07) is 9.69. The summed E-state index contributed by atoms with van der Waals surface area (Å²) in [5, 5.41) is 11.0. The van der Waals surface area contributed by atoms with Gasteiger partial charge in [-0.25, -0.2) is 0 Å². The van der Waals surface area contributed by atoms with E-state index in [1.54, 1.807) is 0 Å². The average Bonchev–Trinajstić information content (AvgIpc) is 2.79. The largest absolute Gasteiger partial charge is 0.419 e. The van der Waals surface area contributed by atoms with Gasteiger partial charge >= 0.3 is 0 Å². The van der Waals surface area contributed by atoms with E-state index in [9.17, 15) is 0 Å². The Labute approximate surface area is 98.6 Å². The summed E-state index contributed by atoms with van der Waals surface area (Å²) in [5.41, 5.74) is 0.929. The van der Waals surface area contributed by atoms with Crippen LogP contribution < -0.4 is 5.32 Å². The molecule has 16 heavy (non-hydrogen) atoms. The minimum Gasteiger partial charge on any atom is -0.419 e. The van der Waals surface area contributed by atoms with Crippen LogP contribution in [0.2, 0.25) is 0 Å². The number of alkyl halides is 1. The summed E-state index contributed by atoms with van der Waals surface area (Å²) in [6.45, 7) is 1.27. The van der Waals surface area contributed by atoms with E-state index < -0.39 is 0 Å². The fourth-order valence-electron chi connectivity index (χ4n) is 1.28. The Kier molecular flexibility index (Phi) is 3.91. The van der Waals surface area contributed by atoms with Crippen LogP contribution in [-0.4, -0.2) is 22.6 Å². The lowest BCUT2D eigenvalue weighted by Crippen LogP contribution is -2.15. The Morgan fingerprint density at radius 1 is 1.19 bits per heavy atom. The molecular weight excluding hydrogens is 226 g/mol. The van der Waals surface area contributed by atoms with Crippen LogP contribution in [0, 0.1) is 0 Å². The van der Waals surface area contributed by atoms with Crippen LogP contribution in [0.3, 0.4) is 0 Å². The fourth-order valence-corrected chi connectivity index (χ4v) is 1.42. The Morgan fingerprint density at radius 2 is 2.00 bits per heavy atom. The van der Waals surface area contributed by atoms with Gasteiger partial charge in [0.15, 0.2) is 0 Å². The third-order valence-corrected chi connectivity index (χ3v) is 2.22. The summed E-state index contributed by atoms with van der Waals surface area (Å²) in [5.74, 6) is 1.69. The van der Waals surface area contributed by atoms with Crippen LogP contribution in [0.25, 0.3) is 11.5 Å². The van der Waals surface area contributed by atoms with E-state index in [1.807, 2.05) is 30.3 Å². The van der Waals surface area contributed by atoms with Gasteiger partial charge in [0.05, 0.1) is 6.54 Å². The number of rotatable bonds is 5. The maximum Gasteiger partial charge on any atom is 0.247 e. The molecule has 0 aliphatic rings. The van der Waals surface area contributed by atoms with E-state index in [4.69, 9.17) is 16.0 Å². The second kappa shape index (κ2) is 5.63. The number of aromatic nitrogens is 2. The van der Waals surface area contributed by atoms with Crippen LogP contribution >= 0.6 is 11.6 Å². The number of benzene rings is 1. The van der Waals surface area contributed by atoms with Gasteiger partial charge in [-0.05, 0) is 12.1 Å². The lowest BCUT2D eigenvalue weighted by molar-refractivity contribution is 0.482. The molecule has 1 heterocycles. The molecule has 2 rings (SSSR count). The number of hydrogen-bond acceptors (Lipinski definition) is 4. The zero-order chi connectivity index (χ0) is 11.2. The second-order valence-corrected chi connectivity index (χ2v) is 3.61. The van der Waals surface area contributed by atoms with E-state index in [0.717, 1.165) is 12.1 Å². The van der Waals surface area contributed by atoms with Crippen molar-refractivity contribution >= 4 is 11.6 Å². The number of nitrogens with zero attached hydrogens (tertiary/aromatic N) is 2. The van der Waals surface area contributed by atoms with Crippen LogP contribution in [0.1, 0.15) is 5.89 Å². The highest BCUT2D eigenvalue weighted by Crippen LogP contribution is 2.16. The zero-order valence-electron chi connectivity index (χ0n) is 8.69. The Morgan fingerprint density at radius 3 is 2.75 bits per heavy atom. The maximum atomic E-state index is 5.54. The second-order valence-electron chi connectivity index (χ2n) is 3.23. The summed E-state index contributed by atoms with van der Waals surface area (Å²) in [6.07, 6.45) is 0. The summed E-state index contributed by atoms with van der Waals surface area (Å²) >= 11 is 5.54. The van der Waals surface area contributed by atoms with Gasteiger partial charge in [0, 0.05) is 18.0 Å². The van der Waals surface area contributed by atoms with Crippen molar-refractivity contribution in [1.29, 1.82) is 0 Å². The Bertz CT molecular complexity index is 430. The maximum absolute atomic E-state index is 5.54. The first-order valence-electron chi connectivity index (χ1n) is 5.04. The predicted molar refractivity (Wildman–Crippen MR) is 62.2 cm³/mol. The Hall–Kier alpha value is -1.39. The molecule has 1 N–H and O–H groups in total. The SMILES string of the molecule is ClCCNCc1nnc(-c2ccccc2)o1. The highest BCUT2D eigenvalue weighted by atomic mass is 35.5. The number of hydrogen-bond donors (Lipinski definition) is 1. The van der Waals surface area contributed by atoms with Gasteiger partial charge in [0.1, 0.15) is 0 Å². The standard InChI is InChI=1S/C11H12ClN3O/c12-6-7-13-8-10-14-15-11(16-10)9-4-2-1-3-5-9/h1-5,13H,6-8H2.